The molecule has 1 aromatic carbocycles. The molecule has 36 heavy (non-hydrogen) atoms. The molecule has 0 saturated carbocycles. The van der Waals surface area contributed by atoms with Crippen molar-refractivity contribution in [2.45, 2.75) is 24.8 Å². The van der Waals surface area contributed by atoms with Gasteiger partial charge in [0.15, 0.2) is 6.10 Å². The summed E-state index contributed by atoms with van der Waals surface area (Å²) in [5.74, 6) is -1.64. The number of hydrogen-bond donors (Lipinski definition) is 2. The third-order valence-corrected chi connectivity index (χ3v) is 6.36. The van der Waals surface area contributed by atoms with Gasteiger partial charge < -0.3 is 24.8 Å². The molecule has 1 unspecified atom stereocenters. The van der Waals surface area contributed by atoms with Gasteiger partial charge in [-0.3, -0.25) is 14.6 Å². The van der Waals surface area contributed by atoms with E-state index in [1.165, 1.54) is 0 Å². The summed E-state index contributed by atoms with van der Waals surface area (Å²) < 4.78 is 43.5. The Morgan fingerprint density at radius 1 is 1.14 bits per heavy atom. The zero-order valence-electron chi connectivity index (χ0n) is 19.0. The fourth-order valence-electron chi connectivity index (χ4n) is 4.54. The SMILES string of the molecule is O=C(NC[C@@H]1CO[C@@H]2CN(C(=O)C3Cc4ccccc4O3)C[C@H]12)c1cccnc1.O=C(O)C(F)(F)F. The number of ether oxygens (including phenoxy) is 2. The number of carboxylic acids is 1. The van der Waals surface area contributed by atoms with Crippen molar-refractivity contribution in [1.82, 2.24) is 15.2 Å². The van der Waals surface area contributed by atoms with Crippen molar-refractivity contribution in [3.05, 3.63) is 59.9 Å². The Morgan fingerprint density at radius 2 is 1.89 bits per heavy atom. The van der Waals surface area contributed by atoms with Gasteiger partial charge in [0.2, 0.25) is 0 Å². The monoisotopic (exact) mass is 507 g/mol. The summed E-state index contributed by atoms with van der Waals surface area (Å²) in [5.41, 5.74) is 1.63. The summed E-state index contributed by atoms with van der Waals surface area (Å²) in [6.07, 6.45) is -1.69. The van der Waals surface area contributed by atoms with Gasteiger partial charge in [-0.1, -0.05) is 18.2 Å². The van der Waals surface area contributed by atoms with E-state index >= 15 is 0 Å². The van der Waals surface area contributed by atoms with Gasteiger partial charge in [0, 0.05) is 50.3 Å². The van der Waals surface area contributed by atoms with E-state index in [9.17, 15) is 22.8 Å². The summed E-state index contributed by atoms with van der Waals surface area (Å²) in [7, 11) is 0. The van der Waals surface area contributed by atoms with Crippen molar-refractivity contribution in [1.29, 1.82) is 0 Å². The molecule has 2 amide bonds. The number of para-hydroxylation sites is 1. The molecule has 3 aliphatic heterocycles. The summed E-state index contributed by atoms with van der Waals surface area (Å²) in [6.45, 7) is 2.37. The predicted octanol–water partition coefficient (Wildman–Crippen LogP) is 1.92. The van der Waals surface area contributed by atoms with Crippen LogP contribution in [0.25, 0.3) is 0 Å². The highest BCUT2D eigenvalue weighted by Gasteiger charge is 2.47. The lowest BCUT2D eigenvalue weighted by Gasteiger charge is -2.22. The Bertz CT molecular complexity index is 1090. The molecule has 2 N–H and O–H groups in total. The van der Waals surface area contributed by atoms with Crippen molar-refractivity contribution in [2.75, 3.05) is 26.2 Å². The van der Waals surface area contributed by atoms with Crippen LogP contribution >= 0.6 is 0 Å². The Balaban J connectivity index is 0.000000384. The number of nitrogens with one attached hydrogen (secondary N) is 1. The van der Waals surface area contributed by atoms with Crippen LogP contribution in [-0.2, 0) is 20.7 Å². The minimum Gasteiger partial charge on any atom is -0.480 e. The van der Waals surface area contributed by atoms with E-state index in [4.69, 9.17) is 19.4 Å². The predicted molar refractivity (Wildman–Crippen MR) is 118 cm³/mol. The summed E-state index contributed by atoms with van der Waals surface area (Å²) in [6, 6.07) is 11.3. The third kappa shape index (κ3) is 5.76. The highest BCUT2D eigenvalue weighted by molar-refractivity contribution is 5.93. The third-order valence-electron chi connectivity index (χ3n) is 6.36. The molecule has 12 heteroatoms. The van der Waals surface area contributed by atoms with Gasteiger partial charge >= 0.3 is 12.1 Å². The quantitative estimate of drug-likeness (QED) is 0.649. The number of benzene rings is 1. The van der Waals surface area contributed by atoms with Crippen LogP contribution in [0.2, 0.25) is 0 Å². The van der Waals surface area contributed by atoms with Crippen LogP contribution in [-0.4, -0.2) is 77.4 Å². The maximum atomic E-state index is 13.0. The molecule has 9 nitrogen and oxygen atoms in total. The molecule has 3 aliphatic rings. The van der Waals surface area contributed by atoms with E-state index in [0.29, 0.717) is 38.2 Å². The zero-order valence-corrected chi connectivity index (χ0v) is 19.0. The van der Waals surface area contributed by atoms with E-state index in [0.717, 1.165) is 11.3 Å². The van der Waals surface area contributed by atoms with E-state index < -0.39 is 18.2 Å². The number of carbonyl (C=O) groups is 3. The molecule has 2 fully saturated rings. The van der Waals surface area contributed by atoms with Gasteiger partial charge in [-0.15, -0.1) is 0 Å². The minimum atomic E-state index is -5.08. The fraction of sp³-hybridized carbons (Fsp3) is 0.417. The normalized spacial score (nSPS) is 24.1. The van der Waals surface area contributed by atoms with Crippen LogP contribution in [0, 0.1) is 11.8 Å². The fourth-order valence-corrected chi connectivity index (χ4v) is 4.54. The second-order valence-corrected chi connectivity index (χ2v) is 8.71. The highest BCUT2D eigenvalue weighted by atomic mass is 19.4. The number of carboxylic acid groups (broad SMARTS) is 1. The molecular weight excluding hydrogens is 483 g/mol. The number of fused-ring (bicyclic) bond motifs is 2. The summed E-state index contributed by atoms with van der Waals surface area (Å²) in [4.78, 5) is 40.0. The van der Waals surface area contributed by atoms with Gasteiger partial charge in [-0.05, 0) is 23.8 Å². The number of alkyl halides is 3. The molecule has 2 saturated heterocycles. The van der Waals surface area contributed by atoms with Gasteiger partial charge in [-0.25, -0.2) is 4.79 Å². The van der Waals surface area contributed by atoms with E-state index in [1.54, 1.807) is 24.5 Å². The first-order valence-corrected chi connectivity index (χ1v) is 11.3. The molecule has 4 atom stereocenters. The second kappa shape index (κ2) is 10.5. The molecule has 192 valence electrons. The number of likely N-dealkylation sites (tertiary alicyclic amines) is 1. The van der Waals surface area contributed by atoms with Crippen LogP contribution < -0.4 is 10.1 Å². The van der Waals surface area contributed by atoms with Gasteiger partial charge in [0.05, 0.1) is 18.3 Å². The van der Waals surface area contributed by atoms with E-state index in [2.05, 4.69) is 10.3 Å². The summed E-state index contributed by atoms with van der Waals surface area (Å²) in [5, 5.41) is 10.1. The first-order valence-electron chi connectivity index (χ1n) is 11.3. The Labute approximate surface area is 204 Å². The minimum absolute atomic E-state index is 0.0253. The maximum Gasteiger partial charge on any atom is 0.490 e. The van der Waals surface area contributed by atoms with E-state index in [1.807, 2.05) is 29.2 Å². The van der Waals surface area contributed by atoms with Crippen LogP contribution in [0.3, 0.4) is 0 Å². The highest BCUT2D eigenvalue weighted by Crippen LogP contribution is 2.35. The van der Waals surface area contributed by atoms with Crippen LogP contribution in [0.1, 0.15) is 15.9 Å². The van der Waals surface area contributed by atoms with Crippen molar-refractivity contribution in [3.8, 4) is 5.75 Å². The molecule has 4 heterocycles. The topological polar surface area (TPSA) is 118 Å². The lowest BCUT2D eigenvalue weighted by atomic mass is 9.93. The van der Waals surface area contributed by atoms with Crippen LogP contribution in [0.5, 0.6) is 5.75 Å². The molecule has 1 aromatic heterocycles. The largest absolute Gasteiger partial charge is 0.490 e. The summed E-state index contributed by atoms with van der Waals surface area (Å²) >= 11 is 0. The Morgan fingerprint density at radius 3 is 2.56 bits per heavy atom. The number of amides is 2. The molecule has 2 aromatic rings. The number of rotatable bonds is 4. The van der Waals surface area contributed by atoms with Crippen molar-refractivity contribution < 1.29 is 42.1 Å². The van der Waals surface area contributed by atoms with Crippen molar-refractivity contribution in [2.24, 2.45) is 11.8 Å². The second-order valence-electron chi connectivity index (χ2n) is 8.71. The smallest absolute Gasteiger partial charge is 0.480 e. The molecular formula is C24H24F3N3O6. The molecule has 5 rings (SSSR count). The van der Waals surface area contributed by atoms with Gasteiger partial charge in [0.25, 0.3) is 11.8 Å². The standard InChI is InChI=1S/C22H23N3O4.C2HF3O2/c26-21(15-5-3-7-23-9-15)24-10-16-13-28-20-12-25(11-17(16)20)22(27)19-8-14-4-1-2-6-18(14)29-19;3-2(4,5)1(6)7/h1-7,9,16-17,19-20H,8,10-13H2,(H,24,26);(H,6,7)/t16-,17-,19?,20-;/m1./s1. The average Bonchev–Trinajstić information content (AvgIpc) is 3.57. The number of nitrogens with zero attached hydrogens (tertiary/aromatic N) is 2. The Hall–Kier alpha value is -3.67. The van der Waals surface area contributed by atoms with Crippen LogP contribution in [0.4, 0.5) is 13.2 Å². The number of aliphatic carboxylic acids is 1. The first kappa shape index (κ1) is 25.4. The van der Waals surface area contributed by atoms with Crippen LogP contribution in [0.15, 0.2) is 48.8 Å². The number of carbonyl (C=O) groups excluding carboxylic acids is 2. The number of halogens is 3. The molecule has 0 spiro atoms. The Kier molecular flexibility index (Phi) is 7.43. The van der Waals surface area contributed by atoms with Crippen molar-refractivity contribution >= 4 is 17.8 Å². The number of hydrogen-bond acceptors (Lipinski definition) is 6. The lowest BCUT2D eigenvalue weighted by Crippen LogP contribution is -2.41. The average molecular weight is 507 g/mol. The maximum absolute atomic E-state index is 13.0. The van der Waals surface area contributed by atoms with Crippen molar-refractivity contribution in [3.63, 3.8) is 0 Å². The number of aromatic nitrogens is 1. The first-order chi connectivity index (χ1) is 17.1. The molecule has 0 bridgehead atoms. The number of pyridine rings is 1. The lowest BCUT2D eigenvalue weighted by molar-refractivity contribution is -0.192. The van der Waals surface area contributed by atoms with E-state index in [-0.39, 0.29) is 29.8 Å². The van der Waals surface area contributed by atoms with Gasteiger partial charge in [-0.2, -0.15) is 13.2 Å². The molecule has 0 radical (unpaired) electrons. The van der Waals surface area contributed by atoms with Gasteiger partial charge in [0.1, 0.15) is 5.75 Å². The zero-order chi connectivity index (χ0) is 25.9. The molecule has 0 aliphatic carbocycles.